The molecular weight excluding hydrogens is 596 g/mol. The van der Waals surface area contributed by atoms with Crippen LogP contribution in [-0.2, 0) is 28.5 Å². The molecule has 2 aliphatic carbocycles. The van der Waals surface area contributed by atoms with E-state index in [0.29, 0.717) is 12.8 Å². The second-order valence-corrected chi connectivity index (χ2v) is 12.7. The first-order valence-corrected chi connectivity index (χ1v) is 15.1. The topological polar surface area (TPSA) is 171 Å². The maximum absolute atomic E-state index is 13.6. The van der Waals surface area contributed by atoms with Gasteiger partial charge in [0.2, 0.25) is 5.76 Å². The number of hydrogen-bond acceptors (Lipinski definition) is 12. The van der Waals surface area contributed by atoms with Gasteiger partial charge in [0.05, 0.1) is 11.1 Å². The highest BCUT2D eigenvalue weighted by atomic mass is 16.6. The maximum Gasteiger partial charge on any atom is 0.373 e. The fraction of sp³-hybridized carbons (Fsp3) is 0.471. The molecule has 0 radical (unpaired) electrons. The van der Waals surface area contributed by atoms with Crippen molar-refractivity contribution in [2.45, 2.75) is 77.8 Å². The van der Waals surface area contributed by atoms with Gasteiger partial charge in [-0.15, -0.1) is 0 Å². The lowest BCUT2D eigenvalue weighted by Gasteiger charge is -2.66. The lowest BCUT2D eigenvalue weighted by atomic mass is 9.42. The molecule has 0 aromatic carbocycles. The first-order chi connectivity index (χ1) is 21.7. The lowest BCUT2D eigenvalue weighted by Crippen LogP contribution is -2.75. The minimum Gasteiger partial charge on any atom is -0.502 e. The highest BCUT2D eigenvalue weighted by molar-refractivity contribution is 5.90. The van der Waals surface area contributed by atoms with Crippen LogP contribution in [0, 0.1) is 16.7 Å². The van der Waals surface area contributed by atoms with Crippen LogP contribution >= 0.6 is 0 Å². The van der Waals surface area contributed by atoms with Crippen molar-refractivity contribution in [2.75, 3.05) is 6.61 Å². The number of allylic oxidation sites excluding steroid dienone is 1. The molecule has 0 saturated heterocycles. The quantitative estimate of drug-likeness (QED) is 0.243. The summed E-state index contributed by atoms with van der Waals surface area (Å²) < 4.78 is 23.3. The minimum atomic E-state index is -2.04. The number of aliphatic hydroxyl groups is 2. The number of hydrogen-bond donors (Lipinski definition) is 2. The standard InChI is InChI=1S/C34H38N2O10/c1-19-9-6-12-24-32(19,3)27(45-29(39)21-10-7-13-35-16-21)28(46-30(40)22-11-8-14-36-17-22)34(5,42)33(24,4)25(44-20(2)37)15-23-18-43-31(41)26(23)38/h7-11,13-14,16-17,24-25,27-28,38,42H,6,12,15,18H2,1-5H3/t24-,25-,27-,28-,32-,33-,34-/m0/s1. The average Bonchev–Trinajstić information content (AvgIpc) is 3.35. The van der Waals surface area contributed by atoms with Crippen molar-refractivity contribution in [3.8, 4) is 0 Å². The normalized spacial score (nSPS) is 31.2. The van der Waals surface area contributed by atoms with E-state index in [1.54, 1.807) is 25.1 Å². The van der Waals surface area contributed by atoms with Crippen LogP contribution in [0.2, 0.25) is 0 Å². The highest BCUT2D eigenvalue weighted by Crippen LogP contribution is 2.65. The van der Waals surface area contributed by atoms with Crippen molar-refractivity contribution in [3.63, 3.8) is 0 Å². The fourth-order valence-electron chi connectivity index (χ4n) is 7.51. The molecule has 5 rings (SSSR count). The largest absolute Gasteiger partial charge is 0.502 e. The fourth-order valence-corrected chi connectivity index (χ4v) is 7.51. The second-order valence-electron chi connectivity index (χ2n) is 12.7. The lowest BCUT2D eigenvalue weighted by molar-refractivity contribution is -0.290. The second kappa shape index (κ2) is 12.3. The Kier molecular flexibility index (Phi) is 8.78. The Morgan fingerprint density at radius 2 is 1.61 bits per heavy atom. The number of fused-ring (bicyclic) bond motifs is 1. The summed E-state index contributed by atoms with van der Waals surface area (Å²) in [5, 5.41) is 23.3. The summed E-state index contributed by atoms with van der Waals surface area (Å²) in [7, 11) is 0. The zero-order chi connectivity index (χ0) is 33.4. The molecule has 0 unspecified atom stereocenters. The van der Waals surface area contributed by atoms with Gasteiger partial charge in [-0.05, 0) is 56.9 Å². The Morgan fingerprint density at radius 1 is 1.02 bits per heavy atom. The molecule has 2 N–H and O–H groups in total. The van der Waals surface area contributed by atoms with Gasteiger partial charge in [0, 0.05) is 54.5 Å². The van der Waals surface area contributed by atoms with Crippen LogP contribution in [0.3, 0.4) is 0 Å². The number of aliphatic hydroxyl groups excluding tert-OH is 1. The number of cyclic esters (lactones) is 1. The summed E-state index contributed by atoms with van der Waals surface area (Å²) >= 11 is 0. The third-order valence-corrected chi connectivity index (χ3v) is 10.3. The number of carbonyl (C=O) groups excluding carboxylic acids is 4. The third-order valence-electron chi connectivity index (χ3n) is 10.3. The van der Waals surface area contributed by atoms with Crippen molar-refractivity contribution in [2.24, 2.45) is 16.7 Å². The predicted octanol–water partition coefficient (Wildman–Crippen LogP) is 4.05. The Bertz CT molecular complexity index is 1590. The average molecular weight is 635 g/mol. The number of rotatable bonds is 8. The maximum atomic E-state index is 13.6. The SMILES string of the molecule is CC(=O)O[C@@H](CC1=C(O)C(=O)OC1)[C@]1(C)[C@H]2CCC=C(C)[C@]2(C)[C@@H](OC(=O)c2cccnc2)[C@H](OC(=O)c2cccnc2)[C@]1(C)O. The molecule has 0 spiro atoms. The summed E-state index contributed by atoms with van der Waals surface area (Å²) in [6, 6.07) is 6.20. The molecular formula is C34H38N2O10. The smallest absolute Gasteiger partial charge is 0.373 e. The van der Waals surface area contributed by atoms with Gasteiger partial charge in [-0.3, -0.25) is 14.8 Å². The zero-order valence-electron chi connectivity index (χ0n) is 26.4. The molecule has 244 valence electrons. The number of ether oxygens (including phenoxy) is 4. The molecule has 1 saturated carbocycles. The van der Waals surface area contributed by atoms with Gasteiger partial charge in [0.1, 0.15) is 18.3 Å². The first kappa shape index (κ1) is 32.8. The van der Waals surface area contributed by atoms with Crippen LogP contribution in [0.1, 0.15) is 74.6 Å². The molecule has 12 heteroatoms. The number of aromatic nitrogens is 2. The van der Waals surface area contributed by atoms with Gasteiger partial charge < -0.3 is 29.2 Å². The molecule has 12 nitrogen and oxygen atoms in total. The van der Waals surface area contributed by atoms with Crippen LogP contribution in [0.5, 0.6) is 0 Å². The van der Waals surface area contributed by atoms with Gasteiger partial charge in [-0.1, -0.05) is 25.5 Å². The zero-order valence-corrected chi connectivity index (χ0v) is 26.4. The summed E-state index contributed by atoms with van der Waals surface area (Å²) in [6.45, 7) is 7.98. The minimum absolute atomic E-state index is 0.105. The van der Waals surface area contributed by atoms with E-state index in [-0.39, 0.29) is 29.7 Å². The van der Waals surface area contributed by atoms with E-state index in [2.05, 4.69) is 9.97 Å². The van der Waals surface area contributed by atoms with E-state index in [0.717, 1.165) is 5.57 Å². The predicted molar refractivity (Wildman–Crippen MR) is 161 cm³/mol. The molecule has 2 aromatic heterocycles. The third kappa shape index (κ3) is 5.44. The number of nitrogens with zero attached hydrogens (tertiary/aromatic N) is 2. The Balaban J connectivity index is 1.70. The van der Waals surface area contributed by atoms with E-state index >= 15 is 0 Å². The molecule has 1 aliphatic heterocycles. The number of carbonyl (C=O) groups is 4. The molecule has 46 heavy (non-hydrogen) atoms. The summed E-state index contributed by atoms with van der Waals surface area (Å²) in [5.74, 6) is -4.23. The van der Waals surface area contributed by atoms with E-state index in [9.17, 15) is 29.4 Å². The molecule has 7 atom stereocenters. The van der Waals surface area contributed by atoms with Crippen molar-refractivity contribution < 1.29 is 48.3 Å². The monoisotopic (exact) mass is 634 g/mol. The Hall–Kier alpha value is -4.58. The summed E-state index contributed by atoms with van der Waals surface area (Å²) in [4.78, 5) is 60.0. The first-order valence-electron chi connectivity index (χ1n) is 15.1. The molecule has 2 aromatic rings. The van der Waals surface area contributed by atoms with Crippen LogP contribution < -0.4 is 0 Å². The Morgan fingerprint density at radius 3 is 2.11 bits per heavy atom. The molecule has 3 heterocycles. The Labute approximate surface area is 266 Å². The molecule has 3 aliphatic rings. The van der Waals surface area contributed by atoms with Gasteiger partial charge >= 0.3 is 23.9 Å². The van der Waals surface area contributed by atoms with Gasteiger partial charge in [0.15, 0.2) is 12.2 Å². The van der Waals surface area contributed by atoms with Crippen molar-refractivity contribution in [1.29, 1.82) is 0 Å². The van der Waals surface area contributed by atoms with Crippen LogP contribution in [0.4, 0.5) is 0 Å². The van der Waals surface area contributed by atoms with Gasteiger partial charge in [-0.2, -0.15) is 0 Å². The van der Waals surface area contributed by atoms with Crippen molar-refractivity contribution in [3.05, 3.63) is 83.2 Å². The van der Waals surface area contributed by atoms with Crippen molar-refractivity contribution >= 4 is 23.9 Å². The van der Waals surface area contributed by atoms with E-state index in [1.807, 2.05) is 19.9 Å². The molecule has 0 amide bonds. The van der Waals surface area contributed by atoms with Gasteiger partial charge in [0.25, 0.3) is 0 Å². The van der Waals surface area contributed by atoms with E-state index in [4.69, 9.17) is 18.9 Å². The highest BCUT2D eigenvalue weighted by Gasteiger charge is 2.73. The van der Waals surface area contributed by atoms with Crippen LogP contribution in [-0.4, -0.2) is 74.6 Å². The van der Waals surface area contributed by atoms with E-state index in [1.165, 1.54) is 44.7 Å². The summed E-state index contributed by atoms with van der Waals surface area (Å²) in [6.07, 6.45) is 4.77. The molecule has 1 fully saturated rings. The van der Waals surface area contributed by atoms with E-state index < -0.39 is 70.3 Å². The number of esters is 4. The number of pyridine rings is 2. The summed E-state index contributed by atoms with van der Waals surface area (Å²) in [5.41, 5.74) is -3.23. The van der Waals surface area contributed by atoms with Crippen LogP contribution in [0.15, 0.2) is 72.0 Å². The van der Waals surface area contributed by atoms with Crippen LogP contribution in [0.25, 0.3) is 0 Å². The molecule has 0 bridgehead atoms. The van der Waals surface area contributed by atoms with Crippen molar-refractivity contribution in [1.82, 2.24) is 9.97 Å². The van der Waals surface area contributed by atoms with Gasteiger partial charge in [-0.25, -0.2) is 14.4 Å².